The zero-order chi connectivity index (χ0) is 9.97. The predicted molar refractivity (Wildman–Crippen MR) is 57.4 cm³/mol. The van der Waals surface area contributed by atoms with E-state index in [1.807, 2.05) is 18.2 Å². The van der Waals surface area contributed by atoms with Gasteiger partial charge in [0.2, 0.25) is 0 Å². The molecular weight excluding hydrogens is 174 g/mol. The van der Waals surface area contributed by atoms with Gasteiger partial charge in [-0.1, -0.05) is 24.3 Å². The number of nitrogen functional groups attached to an aromatic ring is 1. The number of hydrogen-bond donors (Lipinski definition) is 2. The first kappa shape index (κ1) is 9.21. The fraction of sp³-hybridized carbons (Fsp3) is 0.364. The summed E-state index contributed by atoms with van der Waals surface area (Å²) < 4.78 is 0. The summed E-state index contributed by atoms with van der Waals surface area (Å²) in [5.74, 6) is 0.168. The van der Waals surface area contributed by atoms with E-state index in [2.05, 4.69) is 11.0 Å². The van der Waals surface area contributed by atoms with E-state index in [9.17, 15) is 0 Å². The summed E-state index contributed by atoms with van der Waals surface area (Å²) in [6, 6.07) is 7.89. The maximum Gasteiger partial charge on any atom is 0.123 e. The smallest absolute Gasteiger partial charge is 0.123 e. The number of likely N-dealkylation sites (tertiary alicyclic amines) is 1. The van der Waals surface area contributed by atoms with E-state index < -0.39 is 0 Å². The SMILES string of the molecule is N=C(N)c1ccccc1CN1CCC1. The molecule has 0 radical (unpaired) electrons. The van der Waals surface area contributed by atoms with Crippen molar-refractivity contribution in [3.05, 3.63) is 35.4 Å². The van der Waals surface area contributed by atoms with Crippen molar-refractivity contribution in [2.45, 2.75) is 13.0 Å². The zero-order valence-electron chi connectivity index (χ0n) is 8.16. The van der Waals surface area contributed by atoms with E-state index in [-0.39, 0.29) is 5.84 Å². The molecule has 0 aromatic heterocycles. The Morgan fingerprint density at radius 1 is 1.36 bits per heavy atom. The van der Waals surface area contributed by atoms with E-state index in [1.165, 1.54) is 25.1 Å². The maximum atomic E-state index is 7.45. The molecule has 0 amide bonds. The second-order valence-electron chi connectivity index (χ2n) is 3.70. The molecule has 74 valence electrons. The second-order valence-corrected chi connectivity index (χ2v) is 3.70. The Morgan fingerprint density at radius 3 is 2.64 bits per heavy atom. The molecule has 3 heteroatoms. The Bertz CT molecular complexity index is 342. The molecular formula is C11H15N3. The minimum Gasteiger partial charge on any atom is -0.384 e. The number of nitrogens with two attached hydrogens (primary N) is 1. The molecule has 1 aromatic rings. The first-order chi connectivity index (χ1) is 6.77. The van der Waals surface area contributed by atoms with Gasteiger partial charge in [-0.05, 0) is 25.1 Å². The number of nitrogens with one attached hydrogen (secondary N) is 1. The average molecular weight is 189 g/mol. The van der Waals surface area contributed by atoms with E-state index in [0.717, 1.165) is 12.1 Å². The van der Waals surface area contributed by atoms with Crippen molar-refractivity contribution in [1.82, 2.24) is 4.90 Å². The van der Waals surface area contributed by atoms with Crippen LogP contribution in [0.2, 0.25) is 0 Å². The number of amidine groups is 1. The summed E-state index contributed by atoms with van der Waals surface area (Å²) in [6.45, 7) is 3.27. The van der Waals surface area contributed by atoms with E-state index in [4.69, 9.17) is 11.1 Å². The molecule has 0 bridgehead atoms. The molecule has 0 spiro atoms. The Balaban J connectivity index is 2.17. The van der Waals surface area contributed by atoms with Crippen LogP contribution in [0.3, 0.4) is 0 Å². The molecule has 1 aromatic carbocycles. The number of benzene rings is 1. The van der Waals surface area contributed by atoms with Crippen LogP contribution >= 0.6 is 0 Å². The van der Waals surface area contributed by atoms with Crippen molar-refractivity contribution >= 4 is 5.84 Å². The quantitative estimate of drug-likeness (QED) is 0.554. The van der Waals surface area contributed by atoms with Crippen LogP contribution in [-0.4, -0.2) is 23.8 Å². The molecule has 2 rings (SSSR count). The van der Waals surface area contributed by atoms with Gasteiger partial charge in [0.05, 0.1) is 0 Å². The summed E-state index contributed by atoms with van der Waals surface area (Å²) in [6.07, 6.45) is 1.29. The Hall–Kier alpha value is -1.35. The van der Waals surface area contributed by atoms with Crippen LogP contribution in [-0.2, 0) is 6.54 Å². The Morgan fingerprint density at radius 2 is 2.07 bits per heavy atom. The van der Waals surface area contributed by atoms with Gasteiger partial charge in [0.1, 0.15) is 5.84 Å². The van der Waals surface area contributed by atoms with Gasteiger partial charge in [-0.2, -0.15) is 0 Å². The summed E-state index contributed by atoms with van der Waals surface area (Å²) in [5, 5.41) is 7.45. The van der Waals surface area contributed by atoms with Crippen molar-refractivity contribution in [2.75, 3.05) is 13.1 Å². The molecule has 14 heavy (non-hydrogen) atoms. The van der Waals surface area contributed by atoms with Crippen molar-refractivity contribution < 1.29 is 0 Å². The highest BCUT2D eigenvalue weighted by molar-refractivity contribution is 5.96. The van der Waals surface area contributed by atoms with Gasteiger partial charge in [0.25, 0.3) is 0 Å². The predicted octanol–water partition coefficient (Wildman–Crippen LogP) is 1.18. The minimum absolute atomic E-state index is 0.168. The van der Waals surface area contributed by atoms with E-state index in [1.54, 1.807) is 0 Å². The average Bonchev–Trinajstić information content (AvgIpc) is 2.12. The summed E-state index contributed by atoms with van der Waals surface area (Å²) in [4.78, 5) is 2.36. The molecule has 0 saturated carbocycles. The van der Waals surface area contributed by atoms with Gasteiger partial charge in [-0.25, -0.2) is 0 Å². The number of rotatable bonds is 3. The van der Waals surface area contributed by atoms with Crippen molar-refractivity contribution in [3.63, 3.8) is 0 Å². The molecule has 3 nitrogen and oxygen atoms in total. The van der Waals surface area contributed by atoms with Gasteiger partial charge < -0.3 is 5.73 Å². The number of hydrogen-bond acceptors (Lipinski definition) is 2. The number of nitrogens with zero attached hydrogens (tertiary/aromatic N) is 1. The third-order valence-electron chi connectivity index (χ3n) is 2.65. The first-order valence-electron chi connectivity index (χ1n) is 4.92. The van der Waals surface area contributed by atoms with E-state index >= 15 is 0 Å². The zero-order valence-corrected chi connectivity index (χ0v) is 8.16. The largest absolute Gasteiger partial charge is 0.384 e. The second kappa shape index (κ2) is 3.80. The van der Waals surface area contributed by atoms with Crippen LogP contribution in [0.15, 0.2) is 24.3 Å². The fourth-order valence-electron chi connectivity index (χ4n) is 1.70. The monoisotopic (exact) mass is 189 g/mol. The molecule has 1 fully saturated rings. The molecule has 1 heterocycles. The highest BCUT2D eigenvalue weighted by Crippen LogP contribution is 2.15. The fourth-order valence-corrected chi connectivity index (χ4v) is 1.70. The molecule has 1 aliphatic rings. The Kier molecular flexibility index (Phi) is 2.50. The third kappa shape index (κ3) is 1.77. The van der Waals surface area contributed by atoms with Crippen molar-refractivity contribution in [3.8, 4) is 0 Å². The van der Waals surface area contributed by atoms with Gasteiger partial charge in [-0.15, -0.1) is 0 Å². The van der Waals surface area contributed by atoms with Crippen molar-refractivity contribution in [2.24, 2.45) is 5.73 Å². The van der Waals surface area contributed by atoms with Gasteiger partial charge in [0, 0.05) is 12.1 Å². The topological polar surface area (TPSA) is 53.1 Å². The molecule has 0 unspecified atom stereocenters. The molecule has 0 aliphatic carbocycles. The summed E-state index contributed by atoms with van der Waals surface area (Å²) in [5.41, 5.74) is 7.56. The third-order valence-corrected chi connectivity index (χ3v) is 2.65. The highest BCUT2D eigenvalue weighted by atomic mass is 15.2. The van der Waals surface area contributed by atoms with Crippen LogP contribution in [0.1, 0.15) is 17.5 Å². The normalized spacial score (nSPS) is 16.3. The van der Waals surface area contributed by atoms with E-state index in [0.29, 0.717) is 0 Å². The lowest BCUT2D eigenvalue weighted by molar-refractivity contribution is 0.172. The summed E-state index contributed by atoms with van der Waals surface area (Å²) >= 11 is 0. The lowest BCUT2D eigenvalue weighted by Crippen LogP contribution is -2.36. The lowest BCUT2D eigenvalue weighted by atomic mass is 10.0. The van der Waals surface area contributed by atoms with Crippen LogP contribution < -0.4 is 5.73 Å². The first-order valence-corrected chi connectivity index (χ1v) is 4.92. The standard InChI is InChI=1S/C11H15N3/c12-11(13)10-5-2-1-4-9(10)8-14-6-3-7-14/h1-2,4-5H,3,6-8H2,(H3,12,13). The molecule has 1 aliphatic heterocycles. The molecule has 1 saturated heterocycles. The van der Waals surface area contributed by atoms with Gasteiger partial charge >= 0.3 is 0 Å². The van der Waals surface area contributed by atoms with Gasteiger partial charge in [0.15, 0.2) is 0 Å². The van der Waals surface area contributed by atoms with Crippen LogP contribution in [0.4, 0.5) is 0 Å². The lowest BCUT2D eigenvalue weighted by Gasteiger charge is -2.31. The van der Waals surface area contributed by atoms with Crippen molar-refractivity contribution in [1.29, 1.82) is 5.41 Å². The highest BCUT2D eigenvalue weighted by Gasteiger charge is 2.15. The maximum absolute atomic E-state index is 7.45. The Labute approximate surface area is 84.0 Å². The van der Waals surface area contributed by atoms with Crippen LogP contribution in [0, 0.1) is 5.41 Å². The van der Waals surface area contributed by atoms with Crippen LogP contribution in [0.5, 0.6) is 0 Å². The molecule has 3 N–H and O–H groups in total. The van der Waals surface area contributed by atoms with Crippen LogP contribution in [0.25, 0.3) is 0 Å². The molecule has 0 atom stereocenters. The van der Waals surface area contributed by atoms with Gasteiger partial charge in [-0.3, -0.25) is 10.3 Å². The summed E-state index contributed by atoms with van der Waals surface area (Å²) in [7, 11) is 0. The minimum atomic E-state index is 0.168.